The fourth-order valence-electron chi connectivity index (χ4n) is 1.42. The molecular weight excluding hydrogens is 342 g/mol. The van der Waals surface area contributed by atoms with E-state index in [-0.39, 0.29) is 51.0 Å². The number of halogens is 2. The van der Waals surface area contributed by atoms with Crippen molar-refractivity contribution in [1.82, 2.24) is 0 Å². The Morgan fingerprint density at radius 1 is 1.20 bits per heavy atom. The monoisotopic (exact) mass is 354 g/mol. The van der Waals surface area contributed by atoms with Gasteiger partial charge >= 0.3 is 26.2 Å². The van der Waals surface area contributed by atoms with E-state index in [4.69, 9.17) is 0 Å². The molecule has 0 fully saturated rings. The molecule has 5 heteroatoms. The van der Waals surface area contributed by atoms with Gasteiger partial charge in [-0.1, -0.05) is 37.9 Å². The van der Waals surface area contributed by atoms with Crippen LogP contribution >= 0.6 is 11.8 Å². The van der Waals surface area contributed by atoms with E-state index in [0.717, 1.165) is 4.87 Å². The number of fused-ring (bicyclic) bond motifs is 1. The summed E-state index contributed by atoms with van der Waals surface area (Å²) in [5.41, 5.74) is 1.47. The third kappa shape index (κ3) is 4.20. The Morgan fingerprint density at radius 2 is 1.80 bits per heavy atom. The van der Waals surface area contributed by atoms with Crippen LogP contribution in [0, 0.1) is 0 Å². The normalized spacial score (nSPS) is 21.7. The van der Waals surface area contributed by atoms with Gasteiger partial charge in [-0.15, -0.1) is 11.8 Å². The molecule has 1 aliphatic carbocycles. The van der Waals surface area contributed by atoms with Crippen molar-refractivity contribution in [1.29, 1.82) is 0 Å². The Labute approximate surface area is 129 Å². The van der Waals surface area contributed by atoms with Crippen LogP contribution < -0.4 is 24.8 Å². The van der Waals surface area contributed by atoms with Gasteiger partial charge < -0.3 is 24.8 Å². The molecule has 2 aliphatic rings. The van der Waals surface area contributed by atoms with E-state index in [1.807, 2.05) is 0 Å². The molecule has 1 atom stereocenters. The van der Waals surface area contributed by atoms with Gasteiger partial charge in [0.15, 0.2) is 0 Å². The third-order valence-electron chi connectivity index (χ3n) is 2.25. The van der Waals surface area contributed by atoms with Gasteiger partial charge in [0, 0.05) is 9.78 Å². The zero-order chi connectivity index (χ0) is 8.77. The molecule has 0 amide bonds. The van der Waals surface area contributed by atoms with Crippen LogP contribution in [0.4, 0.5) is 0 Å². The van der Waals surface area contributed by atoms with E-state index < -0.39 is 8.07 Å². The maximum Gasteiger partial charge on any atom is 2.00 e. The molecule has 0 saturated heterocycles. The number of allylic oxidation sites excluding steroid dienone is 4. The first kappa shape index (κ1) is 18.6. The van der Waals surface area contributed by atoms with Gasteiger partial charge in [0.2, 0.25) is 0 Å². The summed E-state index contributed by atoms with van der Waals surface area (Å²) < 4.78 is 0. The fourth-order valence-corrected chi connectivity index (χ4v) is 4.82. The molecule has 0 nitrogen and oxygen atoms in total. The molecule has 0 N–H and O–H groups in total. The van der Waals surface area contributed by atoms with Gasteiger partial charge in [-0.2, -0.15) is 0 Å². The van der Waals surface area contributed by atoms with E-state index in [0.29, 0.717) is 0 Å². The van der Waals surface area contributed by atoms with Gasteiger partial charge in [0.05, 0.1) is 8.07 Å². The maximum absolute atomic E-state index is 2.45. The fraction of sp³-hybridized carbons (Fsp3) is 0.400. The van der Waals surface area contributed by atoms with E-state index >= 15 is 0 Å². The number of hydrogen-bond donors (Lipinski definition) is 0. The first-order valence-electron chi connectivity index (χ1n) is 4.34. The second kappa shape index (κ2) is 6.86. The van der Waals surface area contributed by atoms with Crippen molar-refractivity contribution in [3.05, 3.63) is 34.8 Å². The van der Waals surface area contributed by atoms with Crippen molar-refractivity contribution >= 4 is 19.8 Å². The van der Waals surface area contributed by atoms with E-state index in [1.54, 1.807) is 0 Å². The summed E-state index contributed by atoms with van der Waals surface area (Å²) in [7, 11) is -0.978. The van der Waals surface area contributed by atoms with Gasteiger partial charge in [-0.3, -0.25) is 0 Å². The summed E-state index contributed by atoms with van der Waals surface area (Å²) in [4.78, 5) is 2.28. The summed E-state index contributed by atoms with van der Waals surface area (Å²) >= 11 is 2.06. The Balaban J connectivity index is 0. The minimum Gasteiger partial charge on any atom is -1.00 e. The molecule has 1 unspecified atom stereocenters. The average molecular weight is 357 g/mol. The molecular formula is C10H14Cl2SSiZr. The molecule has 0 aromatic heterocycles. The van der Waals surface area contributed by atoms with Crippen molar-refractivity contribution in [2.24, 2.45) is 0 Å². The van der Waals surface area contributed by atoms with Crippen molar-refractivity contribution in [2.45, 2.75) is 24.5 Å². The molecule has 0 bridgehead atoms. The van der Waals surface area contributed by atoms with E-state index in [9.17, 15) is 0 Å². The molecule has 82 valence electrons. The molecule has 0 aromatic rings. The number of hydrogen-bond acceptors (Lipinski definition) is 1. The second-order valence-corrected chi connectivity index (χ2v) is 11.4. The summed E-state index contributed by atoms with van der Waals surface area (Å²) in [5, 5.41) is 0. The second-order valence-electron chi connectivity index (χ2n) is 4.42. The zero-order valence-electron chi connectivity index (χ0n) is 9.05. The topological polar surface area (TPSA) is 0 Å². The van der Waals surface area contributed by atoms with Crippen molar-refractivity contribution < 1.29 is 51.0 Å². The Kier molecular flexibility index (Phi) is 8.51. The smallest absolute Gasteiger partial charge is 1.00 e. The third-order valence-corrected chi connectivity index (χ3v) is 7.61. The Morgan fingerprint density at radius 3 is 2.27 bits per heavy atom. The largest absolute Gasteiger partial charge is 2.00 e. The van der Waals surface area contributed by atoms with E-state index in [1.165, 1.54) is 10.5 Å². The SMILES string of the molecule is C[Si](C)(C)C1C=C2C=CC=C2S1.[Cl-].[Cl-].[Zr+2]. The molecule has 15 heavy (non-hydrogen) atoms. The Hall–Kier alpha value is 1.25. The van der Waals surface area contributed by atoms with Crippen LogP contribution in [-0.2, 0) is 26.2 Å². The molecule has 0 aromatic carbocycles. The van der Waals surface area contributed by atoms with E-state index in [2.05, 4.69) is 55.7 Å². The predicted molar refractivity (Wildman–Crippen MR) is 60.0 cm³/mol. The van der Waals surface area contributed by atoms with Crippen molar-refractivity contribution in [3.8, 4) is 0 Å². The minimum atomic E-state index is -0.978. The van der Waals surface area contributed by atoms with Gasteiger partial charge in [0.1, 0.15) is 0 Å². The van der Waals surface area contributed by atoms with Crippen LogP contribution in [0.3, 0.4) is 0 Å². The van der Waals surface area contributed by atoms with Crippen LogP contribution in [0.15, 0.2) is 34.8 Å². The van der Waals surface area contributed by atoms with Crippen LogP contribution in [0.2, 0.25) is 19.6 Å². The maximum atomic E-state index is 2.45. The molecule has 0 saturated carbocycles. The standard InChI is InChI=1S/C10H14SSi.2ClH.Zr/c1-12(2,3)10-7-8-5-4-6-9(8)11-10;;;/h4-7,10H,1-3H3;2*1H;/q;;;+2/p-2. The van der Waals surface area contributed by atoms with Crippen molar-refractivity contribution in [3.63, 3.8) is 0 Å². The quantitative estimate of drug-likeness (QED) is 0.463. The molecule has 0 spiro atoms. The first-order chi connectivity index (χ1) is 5.57. The average Bonchev–Trinajstić information content (AvgIpc) is 2.37. The number of rotatable bonds is 1. The van der Waals surface area contributed by atoms with Gasteiger partial charge in [0.25, 0.3) is 0 Å². The van der Waals surface area contributed by atoms with Gasteiger partial charge in [-0.25, -0.2) is 0 Å². The molecule has 0 radical (unpaired) electrons. The van der Waals surface area contributed by atoms with Gasteiger partial charge in [-0.05, 0) is 11.6 Å². The zero-order valence-corrected chi connectivity index (χ0v) is 14.8. The molecule has 1 heterocycles. The molecule has 2 rings (SSSR count). The summed E-state index contributed by atoms with van der Waals surface area (Å²) in [6.07, 6.45) is 9.06. The van der Waals surface area contributed by atoms with Crippen LogP contribution in [0.5, 0.6) is 0 Å². The number of thioether (sulfide) groups is 1. The van der Waals surface area contributed by atoms with Crippen LogP contribution in [-0.4, -0.2) is 12.9 Å². The predicted octanol–water partition coefficient (Wildman–Crippen LogP) is -2.64. The minimum absolute atomic E-state index is 0. The summed E-state index contributed by atoms with van der Waals surface area (Å²) in [6, 6.07) is 0. The summed E-state index contributed by atoms with van der Waals surface area (Å²) in [5.74, 6) is 0. The molecule has 1 aliphatic heterocycles. The van der Waals surface area contributed by atoms with Crippen LogP contribution in [0.1, 0.15) is 0 Å². The Bertz CT molecular complexity index is 305. The van der Waals surface area contributed by atoms with Crippen LogP contribution in [0.25, 0.3) is 0 Å². The van der Waals surface area contributed by atoms with Crippen molar-refractivity contribution in [2.75, 3.05) is 0 Å². The first-order valence-corrected chi connectivity index (χ1v) is 8.80. The summed E-state index contributed by atoms with van der Waals surface area (Å²) in [6.45, 7) is 7.31.